The molecule has 6 nitrogen and oxygen atoms in total. The molecule has 0 bridgehead atoms. The summed E-state index contributed by atoms with van der Waals surface area (Å²) < 4.78 is 10.3. The molecule has 0 aliphatic heterocycles. The summed E-state index contributed by atoms with van der Waals surface area (Å²) in [5, 5.41) is 18.6. The molecule has 0 saturated carbocycles. The van der Waals surface area contributed by atoms with Gasteiger partial charge in [-0.3, -0.25) is 4.79 Å². The number of carbonyl (C=O) groups is 1. The molecule has 0 aromatic heterocycles. The molecule has 0 aliphatic carbocycles. The molecule has 0 saturated heterocycles. The summed E-state index contributed by atoms with van der Waals surface area (Å²) in [7, 11) is 0. The van der Waals surface area contributed by atoms with E-state index >= 15 is 0 Å². The van der Waals surface area contributed by atoms with Gasteiger partial charge in [-0.15, -0.1) is 0 Å². The molecular formula is C24H23N3O3S. The van der Waals surface area contributed by atoms with Crippen LogP contribution in [0.5, 0.6) is 0 Å². The van der Waals surface area contributed by atoms with Crippen LogP contribution in [-0.2, 0) is 9.47 Å². The number of nitriles is 2. The summed E-state index contributed by atoms with van der Waals surface area (Å²) >= 11 is 1.38. The Morgan fingerprint density at radius 3 is 2.52 bits per heavy atom. The van der Waals surface area contributed by atoms with Crippen molar-refractivity contribution in [3.63, 3.8) is 0 Å². The van der Waals surface area contributed by atoms with E-state index in [9.17, 15) is 15.3 Å². The van der Waals surface area contributed by atoms with Crippen LogP contribution in [0.4, 0.5) is 0 Å². The monoisotopic (exact) mass is 433 g/mol. The van der Waals surface area contributed by atoms with Crippen LogP contribution in [0.3, 0.4) is 0 Å². The van der Waals surface area contributed by atoms with E-state index in [4.69, 9.17) is 15.9 Å². The van der Waals surface area contributed by atoms with Crippen LogP contribution < -0.4 is 0 Å². The van der Waals surface area contributed by atoms with Gasteiger partial charge in [0.15, 0.2) is 0 Å². The molecule has 2 aromatic carbocycles. The molecule has 0 spiro atoms. The summed E-state index contributed by atoms with van der Waals surface area (Å²) in [6.07, 6.45) is 7.96. The van der Waals surface area contributed by atoms with Crippen molar-refractivity contribution < 1.29 is 14.3 Å². The van der Waals surface area contributed by atoms with Gasteiger partial charge in [-0.05, 0) is 49.7 Å². The summed E-state index contributed by atoms with van der Waals surface area (Å²) in [5.74, 6) is -0.113. The van der Waals surface area contributed by atoms with Crippen LogP contribution in [0.25, 0.3) is 0 Å². The third kappa shape index (κ3) is 7.08. The molecule has 0 aliphatic rings. The molecule has 0 unspecified atom stereocenters. The number of hydrogen-bond acceptors (Lipinski definition) is 6. The van der Waals surface area contributed by atoms with E-state index in [0.29, 0.717) is 47.9 Å². The van der Waals surface area contributed by atoms with E-state index in [0.717, 1.165) is 11.3 Å². The van der Waals surface area contributed by atoms with Crippen molar-refractivity contribution in [1.82, 2.24) is 4.90 Å². The zero-order chi connectivity index (χ0) is 22.5. The number of nitrogens with zero attached hydrogens (tertiary/aromatic N) is 3. The fourth-order valence-corrected chi connectivity index (χ4v) is 3.76. The van der Waals surface area contributed by atoms with Crippen LogP contribution in [0, 0.1) is 35.2 Å². The van der Waals surface area contributed by atoms with E-state index in [1.54, 1.807) is 35.2 Å². The number of amides is 1. The third-order valence-electron chi connectivity index (χ3n) is 4.34. The smallest absolute Gasteiger partial charge is 0.253 e. The fraction of sp³-hybridized carbons (Fsp3) is 0.292. The summed E-state index contributed by atoms with van der Waals surface area (Å²) in [4.78, 5) is 16.2. The van der Waals surface area contributed by atoms with E-state index < -0.39 is 0 Å². The summed E-state index contributed by atoms with van der Waals surface area (Å²) in [6, 6.07) is 16.5. The molecule has 2 rings (SSSR count). The molecule has 0 N–H and O–H groups in total. The molecule has 0 fully saturated rings. The third-order valence-corrected chi connectivity index (χ3v) is 5.41. The highest BCUT2D eigenvalue weighted by Gasteiger charge is 2.16. The molecule has 31 heavy (non-hydrogen) atoms. The fourth-order valence-electron chi connectivity index (χ4n) is 2.83. The van der Waals surface area contributed by atoms with Gasteiger partial charge in [0.05, 0.1) is 17.7 Å². The average Bonchev–Trinajstić information content (AvgIpc) is 2.80. The molecule has 7 heteroatoms. The highest BCUT2D eigenvalue weighted by molar-refractivity contribution is 7.99. The number of rotatable bonds is 11. The van der Waals surface area contributed by atoms with Crippen molar-refractivity contribution in [2.75, 3.05) is 32.9 Å². The predicted octanol–water partition coefficient (Wildman–Crippen LogP) is 4.06. The Bertz CT molecular complexity index is 1000. The van der Waals surface area contributed by atoms with Gasteiger partial charge in [0.25, 0.3) is 5.91 Å². The second-order valence-corrected chi connectivity index (χ2v) is 7.45. The summed E-state index contributed by atoms with van der Waals surface area (Å²) in [5.41, 5.74) is 1.24. The number of benzene rings is 2. The largest absolute Gasteiger partial charge is 0.445 e. The first kappa shape index (κ1) is 23.8. The minimum atomic E-state index is -0.113. The van der Waals surface area contributed by atoms with E-state index in [-0.39, 0.29) is 12.5 Å². The van der Waals surface area contributed by atoms with Crippen molar-refractivity contribution in [2.45, 2.75) is 23.1 Å². The number of ether oxygens (including phenoxy) is 2. The molecular weight excluding hydrogens is 410 g/mol. The first-order valence-corrected chi connectivity index (χ1v) is 10.6. The Balaban J connectivity index is 2.11. The van der Waals surface area contributed by atoms with Crippen LogP contribution in [-0.4, -0.2) is 43.7 Å². The molecule has 0 heterocycles. The second-order valence-electron chi connectivity index (χ2n) is 6.34. The highest BCUT2D eigenvalue weighted by Crippen LogP contribution is 2.31. The molecule has 1 amide bonds. The number of carbonyl (C=O) groups excluding carboxylic acids is 1. The zero-order valence-electron chi connectivity index (χ0n) is 17.3. The van der Waals surface area contributed by atoms with Crippen molar-refractivity contribution in [2.24, 2.45) is 0 Å². The first-order valence-electron chi connectivity index (χ1n) is 9.80. The minimum Gasteiger partial charge on any atom is -0.445 e. The van der Waals surface area contributed by atoms with Gasteiger partial charge in [0.2, 0.25) is 0 Å². The van der Waals surface area contributed by atoms with Gasteiger partial charge in [0.1, 0.15) is 24.9 Å². The van der Waals surface area contributed by atoms with Crippen LogP contribution in [0.2, 0.25) is 0 Å². The maximum Gasteiger partial charge on any atom is 0.253 e. The lowest BCUT2D eigenvalue weighted by molar-refractivity contribution is 0.0688. The van der Waals surface area contributed by atoms with Gasteiger partial charge in [-0.2, -0.15) is 10.5 Å². The van der Waals surface area contributed by atoms with Crippen molar-refractivity contribution in [3.05, 3.63) is 59.2 Å². The van der Waals surface area contributed by atoms with Crippen LogP contribution in [0.15, 0.2) is 52.3 Å². The topological polar surface area (TPSA) is 86.3 Å². The Hall–Kier alpha value is -3.44. The van der Waals surface area contributed by atoms with E-state index in [1.807, 2.05) is 25.1 Å². The number of hydrogen-bond donors (Lipinski definition) is 0. The zero-order valence-corrected chi connectivity index (χ0v) is 18.2. The molecule has 0 atom stereocenters. The molecule has 158 valence electrons. The predicted molar refractivity (Wildman–Crippen MR) is 118 cm³/mol. The van der Waals surface area contributed by atoms with Crippen molar-refractivity contribution in [1.29, 1.82) is 10.5 Å². The van der Waals surface area contributed by atoms with Crippen molar-refractivity contribution in [3.8, 4) is 24.7 Å². The van der Waals surface area contributed by atoms with E-state index in [2.05, 4.69) is 12.2 Å². The van der Waals surface area contributed by atoms with Gasteiger partial charge < -0.3 is 14.4 Å². The lowest BCUT2D eigenvalue weighted by Gasteiger charge is -2.22. The Morgan fingerprint density at radius 1 is 1.10 bits per heavy atom. The maximum absolute atomic E-state index is 12.9. The van der Waals surface area contributed by atoms with Gasteiger partial charge in [0, 0.05) is 35.1 Å². The SMILES string of the molecule is C#COCCN(CCCOCC)C(=O)c1ccc(Sc2cccc(C#N)c2C#N)cc1. The van der Waals surface area contributed by atoms with E-state index in [1.165, 1.54) is 11.8 Å². The normalized spacial score (nSPS) is 9.87. The number of terminal acetylenes is 1. The average molecular weight is 434 g/mol. The molecule has 2 aromatic rings. The Labute approximate surface area is 187 Å². The highest BCUT2D eigenvalue weighted by atomic mass is 32.2. The lowest BCUT2D eigenvalue weighted by atomic mass is 10.1. The van der Waals surface area contributed by atoms with Gasteiger partial charge in [-0.25, -0.2) is 0 Å². The lowest BCUT2D eigenvalue weighted by Crippen LogP contribution is -2.35. The Kier molecular flexibility index (Phi) is 9.98. The minimum absolute atomic E-state index is 0.113. The van der Waals surface area contributed by atoms with Crippen LogP contribution in [0.1, 0.15) is 34.8 Å². The summed E-state index contributed by atoms with van der Waals surface area (Å²) in [6.45, 7) is 4.33. The first-order chi connectivity index (χ1) is 15.1. The van der Waals surface area contributed by atoms with Crippen LogP contribution >= 0.6 is 11.8 Å². The Morgan fingerprint density at radius 2 is 1.87 bits per heavy atom. The quantitative estimate of drug-likeness (QED) is 0.392. The van der Waals surface area contributed by atoms with Crippen molar-refractivity contribution >= 4 is 17.7 Å². The second kappa shape index (κ2) is 13.0. The molecule has 0 radical (unpaired) electrons. The van der Waals surface area contributed by atoms with Gasteiger partial charge >= 0.3 is 0 Å². The maximum atomic E-state index is 12.9. The standard InChI is InChI=1S/C24H23N3O3S/c1-3-29-15-6-13-27(14-16-30-4-2)24(28)19-9-11-21(12-10-19)31-23-8-5-7-20(17-25)22(23)18-26/h2,5,7-12H,3,6,13-16H2,1H3. The van der Waals surface area contributed by atoms with Gasteiger partial charge in [-0.1, -0.05) is 24.3 Å².